The van der Waals surface area contributed by atoms with Crippen LogP contribution in [0.3, 0.4) is 0 Å². The van der Waals surface area contributed by atoms with Crippen LogP contribution in [0.25, 0.3) is 22.6 Å². The van der Waals surface area contributed by atoms with E-state index >= 15 is 0 Å². The Morgan fingerprint density at radius 3 is 2.66 bits per heavy atom. The fourth-order valence-electron chi connectivity index (χ4n) is 4.37. The lowest BCUT2D eigenvalue weighted by atomic mass is 10.1. The third-order valence-corrected chi connectivity index (χ3v) is 7.01. The quantitative estimate of drug-likeness (QED) is 0.400. The summed E-state index contributed by atoms with van der Waals surface area (Å²) >= 11 is 6.69. The van der Waals surface area contributed by atoms with Gasteiger partial charge < -0.3 is 15.0 Å². The molecule has 1 fully saturated rings. The topological polar surface area (TPSA) is 114 Å². The molecule has 1 aliphatic rings. The van der Waals surface area contributed by atoms with Crippen LogP contribution in [0, 0.1) is 13.8 Å². The molecule has 9 nitrogen and oxygen atoms in total. The van der Waals surface area contributed by atoms with Gasteiger partial charge in [-0.05, 0) is 63.3 Å². The largest absolute Gasteiger partial charge is 0.470 e. The minimum atomic E-state index is -0.408. The summed E-state index contributed by atoms with van der Waals surface area (Å²) in [5.74, 6) is 0.736. The van der Waals surface area contributed by atoms with Gasteiger partial charge in [-0.15, -0.1) is 0 Å². The van der Waals surface area contributed by atoms with Gasteiger partial charge in [0.25, 0.3) is 0 Å². The monoisotopic (exact) mass is 493 g/mol. The second-order valence-corrected chi connectivity index (χ2v) is 9.88. The summed E-state index contributed by atoms with van der Waals surface area (Å²) < 4.78 is 10.2. The smallest absolute Gasteiger partial charge is 0.245 e. The number of halogens is 1. The number of aromatic nitrogens is 6. The maximum atomic E-state index is 11.4. The second-order valence-electron chi connectivity index (χ2n) is 9.47. The number of amides is 1. The van der Waals surface area contributed by atoms with Gasteiger partial charge in [-0.1, -0.05) is 17.7 Å². The van der Waals surface area contributed by atoms with Crippen LogP contribution in [0.4, 0.5) is 0 Å². The van der Waals surface area contributed by atoms with Crippen LogP contribution in [0.5, 0.6) is 5.88 Å². The highest BCUT2D eigenvalue weighted by molar-refractivity contribution is 6.33. The highest BCUT2D eigenvalue weighted by atomic mass is 35.5. The molecule has 4 aromatic rings. The zero-order valence-corrected chi connectivity index (χ0v) is 21.1. The molecule has 0 atom stereocenters. The van der Waals surface area contributed by atoms with Gasteiger partial charge in [-0.3, -0.25) is 9.48 Å². The van der Waals surface area contributed by atoms with Gasteiger partial charge >= 0.3 is 0 Å². The number of aryl methyl sites for hydroxylation is 3. The molecule has 3 aromatic heterocycles. The number of hydrogen-bond acceptors (Lipinski definition) is 6. The molecule has 0 unspecified atom stereocenters. The van der Waals surface area contributed by atoms with Gasteiger partial charge in [0, 0.05) is 24.8 Å². The van der Waals surface area contributed by atoms with Crippen LogP contribution in [-0.4, -0.2) is 40.8 Å². The van der Waals surface area contributed by atoms with Crippen LogP contribution in [0.2, 0.25) is 5.02 Å². The van der Waals surface area contributed by atoms with Crippen molar-refractivity contribution in [2.75, 3.05) is 0 Å². The van der Waals surface area contributed by atoms with E-state index in [0.717, 1.165) is 41.8 Å². The van der Waals surface area contributed by atoms with Gasteiger partial charge in [0.15, 0.2) is 11.2 Å². The van der Waals surface area contributed by atoms with Crippen molar-refractivity contribution in [2.45, 2.75) is 58.6 Å². The first-order chi connectivity index (χ1) is 16.6. The SMILES string of the molecule is Cc1nn(C)c(C)c1CCn1c(-c2ccc(CC(N)=O)cc2Cl)nc2c(OC3(C)CC3)ncnc21. The van der Waals surface area contributed by atoms with Crippen LogP contribution >= 0.6 is 11.6 Å². The molecule has 2 N–H and O–H groups in total. The third-order valence-electron chi connectivity index (χ3n) is 6.69. The summed E-state index contributed by atoms with van der Waals surface area (Å²) in [6.07, 6.45) is 4.36. The highest BCUT2D eigenvalue weighted by Gasteiger charge is 2.41. The van der Waals surface area contributed by atoms with Crippen molar-refractivity contribution in [3.63, 3.8) is 0 Å². The first-order valence-electron chi connectivity index (χ1n) is 11.6. The summed E-state index contributed by atoms with van der Waals surface area (Å²) in [7, 11) is 1.95. The molecule has 5 rings (SSSR count). The molecule has 0 radical (unpaired) electrons. The molecule has 0 saturated heterocycles. The molecule has 1 aliphatic carbocycles. The van der Waals surface area contributed by atoms with Crippen molar-refractivity contribution >= 4 is 28.7 Å². The first-order valence-corrected chi connectivity index (χ1v) is 12.0. The average molecular weight is 494 g/mol. The molecule has 3 heterocycles. The van der Waals surface area contributed by atoms with Crippen LogP contribution in [0.15, 0.2) is 24.5 Å². The van der Waals surface area contributed by atoms with E-state index in [1.807, 2.05) is 30.8 Å². The number of benzene rings is 1. The van der Waals surface area contributed by atoms with Gasteiger partial charge in [0.2, 0.25) is 11.8 Å². The Kier molecular flexibility index (Phi) is 5.75. The Bertz CT molecular complexity index is 1450. The molecule has 10 heteroatoms. The number of carbonyl (C=O) groups is 1. The van der Waals surface area contributed by atoms with E-state index in [4.69, 9.17) is 27.1 Å². The summed E-state index contributed by atoms with van der Waals surface area (Å²) in [6, 6.07) is 5.48. The maximum absolute atomic E-state index is 11.4. The summed E-state index contributed by atoms with van der Waals surface area (Å²) in [4.78, 5) is 25.3. The van der Waals surface area contributed by atoms with E-state index in [2.05, 4.69) is 33.5 Å². The molecule has 0 aliphatic heterocycles. The molecular formula is C25H28ClN7O2. The van der Waals surface area contributed by atoms with Gasteiger partial charge in [0.1, 0.15) is 17.8 Å². The summed E-state index contributed by atoms with van der Waals surface area (Å²) in [5.41, 5.74) is 11.3. The number of fused-ring (bicyclic) bond motifs is 1. The fourth-order valence-corrected chi connectivity index (χ4v) is 4.66. The Hall–Kier alpha value is -3.46. The molecule has 182 valence electrons. The van der Waals surface area contributed by atoms with E-state index < -0.39 is 5.91 Å². The van der Waals surface area contributed by atoms with Crippen molar-refractivity contribution in [1.82, 2.24) is 29.3 Å². The van der Waals surface area contributed by atoms with Crippen molar-refractivity contribution in [2.24, 2.45) is 12.8 Å². The fraction of sp³-hybridized carbons (Fsp3) is 0.400. The molecular weight excluding hydrogens is 466 g/mol. The molecule has 1 amide bonds. The minimum absolute atomic E-state index is 0.123. The predicted molar refractivity (Wildman–Crippen MR) is 133 cm³/mol. The summed E-state index contributed by atoms with van der Waals surface area (Å²) in [6.45, 7) is 6.78. The first kappa shape index (κ1) is 23.3. The van der Waals surface area contributed by atoms with Crippen molar-refractivity contribution in [3.8, 4) is 17.3 Å². The Labute approximate surface area is 208 Å². The Morgan fingerprint density at radius 2 is 2.03 bits per heavy atom. The van der Waals surface area contributed by atoms with E-state index in [9.17, 15) is 4.79 Å². The molecule has 1 saturated carbocycles. The zero-order chi connectivity index (χ0) is 24.9. The lowest BCUT2D eigenvalue weighted by molar-refractivity contribution is -0.117. The molecule has 1 aromatic carbocycles. The number of nitrogens with zero attached hydrogens (tertiary/aromatic N) is 6. The minimum Gasteiger partial charge on any atom is -0.470 e. The number of carbonyl (C=O) groups excluding carboxylic acids is 1. The van der Waals surface area contributed by atoms with E-state index in [0.29, 0.717) is 34.4 Å². The highest BCUT2D eigenvalue weighted by Crippen LogP contribution is 2.41. The number of imidazole rings is 1. The number of primary amides is 1. The maximum Gasteiger partial charge on any atom is 0.245 e. The Balaban J connectivity index is 1.61. The van der Waals surface area contributed by atoms with Gasteiger partial charge in [-0.25, -0.2) is 9.97 Å². The molecule has 35 heavy (non-hydrogen) atoms. The normalized spacial score (nSPS) is 14.4. The van der Waals surface area contributed by atoms with Crippen molar-refractivity contribution in [3.05, 3.63) is 52.1 Å². The predicted octanol–water partition coefficient (Wildman–Crippen LogP) is 3.70. The Morgan fingerprint density at radius 1 is 1.26 bits per heavy atom. The number of rotatable bonds is 8. The van der Waals surface area contributed by atoms with Crippen molar-refractivity contribution < 1.29 is 9.53 Å². The second kappa shape index (κ2) is 8.64. The van der Waals surface area contributed by atoms with E-state index in [1.54, 1.807) is 6.07 Å². The van der Waals surface area contributed by atoms with E-state index in [1.165, 1.54) is 11.9 Å². The number of nitrogens with two attached hydrogens (primary N) is 1. The molecule has 0 spiro atoms. The average Bonchev–Trinajstić information content (AvgIpc) is 3.31. The zero-order valence-electron chi connectivity index (χ0n) is 20.3. The number of ether oxygens (including phenoxy) is 1. The van der Waals surface area contributed by atoms with Crippen LogP contribution in [0.1, 0.15) is 42.3 Å². The van der Waals surface area contributed by atoms with Gasteiger partial charge in [0.05, 0.1) is 17.1 Å². The van der Waals surface area contributed by atoms with E-state index in [-0.39, 0.29) is 12.0 Å². The lowest BCUT2D eigenvalue weighted by Crippen LogP contribution is -2.13. The van der Waals surface area contributed by atoms with Crippen LogP contribution in [-0.2, 0) is 31.2 Å². The standard InChI is InChI=1S/C25H28ClN7O2/c1-14-17(15(2)32(4)31-14)7-10-33-22(18-6-5-16(11-19(18)26)12-20(27)34)30-21-23(33)28-13-29-24(21)35-25(3)8-9-25/h5-6,11,13H,7-10,12H2,1-4H3,(H2,27,34). The lowest BCUT2D eigenvalue weighted by Gasteiger charge is -2.12. The third kappa shape index (κ3) is 4.48. The van der Waals surface area contributed by atoms with Crippen LogP contribution < -0.4 is 10.5 Å². The summed E-state index contributed by atoms with van der Waals surface area (Å²) in [5, 5.41) is 5.03. The van der Waals surface area contributed by atoms with Gasteiger partial charge in [-0.2, -0.15) is 10.1 Å². The van der Waals surface area contributed by atoms with Crippen molar-refractivity contribution in [1.29, 1.82) is 0 Å². The molecule has 0 bridgehead atoms. The number of hydrogen-bond donors (Lipinski definition) is 1.